The van der Waals surface area contributed by atoms with Gasteiger partial charge in [-0.2, -0.15) is 0 Å². The molecule has 0 amide bonds. The van der Waals surface area contributed by atoms with Gasteiger partial charge in [0.15, 0.2) is 0 Å². The highest BCUT2D eigenvalue weighted by Crippen LogP contribution is 2.34. The summed E-state index contributed by atoms with van der Waals surface area (Å²) >= 11 is 0. The van der Waals surface area contributed by atoms with Crippen molar-refractivity contribution in [2.45, 2.75) is 58.6 Å². The first kappa shape index (κ1) is 13.7. The third-order valence-corrected chi connectivity index (χ3v) is 3.30. The summed E-state index contributed by atoms with van der Waals surface area (Å²) in [4.78, 5) is 0. The second-order valence-electron chi connectivity index (χ2n) is 5.07. The van der Waals surface area contributed by atoms with Crippen LogP contribution in [0.1, 0.15) is 46.5 Å². The first-order valence-corrected chi connectivity index (χ1v) is 6.65. The molecule has 1 rings (SSSR count). The van der Waals surface area contributed by atoms with Gasteiger partial charge in [0.05, 0.1) is 6.10 Å². The molecular weight excluding hydrogens is 198 g/mol. The van der Waals surface area contributed by atoms with Crippen molar-refractivity contribution in [3.8, 4) is 0 Å². The molecule has 0 radical (unpaired) electrons. The average molecular weight is 225 g/mol. The van der Waals surface area contributed by atoms with E-state index in [2.05, 4.69) is 32.7 Å². The fourth-order valence-electron chi connectivity index (χ4n) is 2.59. The summed E-state index contributed by atoms with van der Waals surface area (Å²) in [6, 6.07) is 0.620. The lowest BCUT2D eigenvalue weighted by molar-refractivity contribution is -0.0289. The van der Waals surface area contributed by atoms with Crippen LogP contribution >= 0.6 is 0 Å². The van der Waals surface area contributed by atoms with Crippen molar-refractivity contribution in [2.24, 2.45) is 5.92 Å². The molecule has 0 bridgehead atoms. The molecule has 1 N–H and O–H groups in total. The molecule has 1 unspecified atom stereocenters. The van der Waals surface area contributed by atoms with Crippen LogP contribution < -0.4 is 5.32 Å². The van der Waals surface area contributed by atoms with Gasteiger partial charge in [-0.3, -0.25) is 0 Å². The summed E-state index contributed by atoms with van der Waals surface area (Å²) in [5, 5.41) is 3.56. The molecule has 0 aromatic rings. The lowest BCUT2D eigenvalue weighted by atomic mass is 9.77. The summed E-state index contributed by atoms with van der Waals surface area (Å²) in [5.74, 6) is 0.861. The molecule has 1 saturated carbocycles. The Labute approximate surface area is 100 Å². The smallest absolute Gasteiger partial charge is 0.0580 e. The van der Waals surface area contributed by atoms with Crippen molar-refractivity contribution in [2.75, 3.05) is 13.2 Å². The summed E-state index contributed by atoms with van der Waals surface area (Å²) in [6.45, 7) is 12.3. The number of hydrogen-bond acceptors (Lipinski definition) is 2. The molecule has 16 heavy (non-hydrogen) atoms. The van der Waals surface area contributed by atoms with Crippen LogP contribution in [0.5, 0.6) is 0 Å². The van der Waals surface area contributed by atoms with E-state index in [1.165, 1.54) is 24.8 Å². The molecule has 1 aliphatic carbocycles. The van der Waals surface area contributed by atoms with Gasteiger partial charge in [0, 0.05) is 12.6 Å². The van der Waals surface area contributed by atoms with Gasteiger partial charge in [-0.1, -0.05) is 12.5 Å². The SMILES string of the molecule is C=C(C)CC(CC1CC(OCC)C1)NCC. The molecule has 0 spiro atoms. The second kappa shape index (κ2) is 7.08. The minimum Gasteiger partial charge on any atom is -0.378 e. The topological polar surface area (TPSA) is 21.3 Å². The zero-order valence-corrected chi connectivity index (χ0v) is 11.1. The number of hydrogen-bond donors (Lipinski definition) is 1. The maximum Gasteiger partial charge on any atom is 0.0580 e. The van der Waals surface area contributed by atoms with Crippen LogP contribution in [-0.4, -0.2) is 25.3 Å². The van der Waals surface area contributed by atoms with E-state index < -0.39 is 0 Å². The highest BCUT2D eigenvalue weighted by Gasteiger charge is 2.31. The predicted octanol–water partition coefficient (Wildman–Crippen LogP) is 3.14. The molecule has 0 saturated heterocycles. The summed E-state index contributed by atoms with van der Waals surface area (Å²) in [5.41, 5.74) is 1.28. The van der Waals surface area contributed by atoms with Gasteiger partial charge in [-0.25, -0.2) is 0 Å². The van der Waals surface area contributed by atoms with Gasteiger partial charge in [0.1, 0.15) is 0 Å². The Kier molecular flexibility index (Phi) is 6.07. The fraction of sp³-hybridized carbons (Fsp3) is 0.857. The van der Waals surface area contributed by atoms with Crippen LogP contribution in [0.25, 0.3) is 0 Å². The predicted molar refractivity (Wildman–Crippen MR) is 69.7 cm³/mol. The fourth-order valence-corrected chi connectivity index (χ4v) is 2.59. The van der Waals surface area contributed by atoms with Gasteiger partial charge in [-0.15, -0.1) is 6.58 Å². The van der Waals surface area contributed by atoms with Gasteiger partial charge in [-0.05, 0) is 52.0 Å². The molecule has 2 heteroatoms. The Bertz CT molecular complexity index is 209. The Hall–Kier alpha value is -0.340. The summed E-state index contributed by atoms with van der Waals surface area (Å²) in [7, 11) is 0. The van der Waals surface area contributed by atoms with Gasteiger partial charge in [0.25, 0.3) is 0 Å². The van der Waals surface area contributed by atoms with Gasteiger partial charge < -0.3 is 10.1 Å². The van der Waals surface area contributed by atoms with Crippen molar-refractivity contribution in [3.63, 3.8) is 0 Å². The minimum atomic E-state index is 0.544. The lowest BCUT2D eigenvalue weighted by Crippen LogP contribution is -2.38. The summed E-state index contributed by atoms with van der Waals surface area (Å²) in [6.07, 6.45) is 5.45. The minimum absolute atomic E-state index is 0.544. The molecule has 0 aromatic heterocycles. The molecule has 0 aliphatic heterocycles. The largest absolute Gasteiger partial charge is 0.378 e. The Balaban J connectivity index is 2.20. The van der Waals surface area contributed by atoms with Crippen LogP contribution in [0.4, 0.5) is 0 Å². The Morgan fingerprint density at radius 1 is 1.44 bits per heavy atom. The van der Waals surface area contributed by atoms with Gasteiger partial charge in [0.2, 0.25) is 0 Å². The molecule has 94 valence electrons. The third-order valence-electron chi connectivity index (χ3n) is 3.30. The lowest BCUT2D eigenvalue weighted by Gasteiger charge is -2.37. The second-order valence-corrected chi connectivity index (χ2v) is 5.07. The van der Waals surface area contributed by atoms with E-state index in [4.69, 9.17) is 4.74 Å². The van der Waals surface area contributed by atoms with E-state index in [0.717, 1.165) is 25.5 Å². The molecule has 0 heterocycles. The number of rotatable bonds is 8. The van der Waals surface area contributed by atoms with E-state index in [1.807, 2.05) is 0 Å². The van der Waals surface area contributed by atoms with Crippen molar-refractivity contribution in [1.82, 2.24) is 5.32 Å². The van der Waals surface area contributed by atoms with Gasteiger partial charge >= 0.3 is 0 Å². The Morgan fingerprint density at radius 3 is 2.62 bits per heavy atom. The highest BCUT2D eigenvalue weighted by atomic mass is 16.5. The molecule has 1 aliphatic rings. The van der Waals surface area contributed by atoms with E-state index in [-0.39, 0.29) is 0 Å². The van der Waals surface area contributed by atoms with Crippen LogP contribution in [0.15, 0.2) is 12.2 Å². The number of nitrogens with one attached hydrogen (secondary N) is 1. The van der Waals surface area contributed by atoms with Crippen molar-refractivity contribution >= 4 is 0 Å². The summed E-state index contributed by atoms with van der Waals surface area (Å²) < 4.78 is 5.59. The van der Waals surface area contributed by atoms with E-state index in [9.17, 15) is 0 Å². The quantitative estimate of drug-likeness (QED) is 0.641. The van der Waals surface area contributed by atoms with Crippen molar-refractivity contribution in [3.05, 3.63) is 12.2 Å². The molecular formula is C14H27NO. The molecule has 0 aromatic carbocycles. The number of ether oxygens (including phenoxy) is 1. The highest BCUT2D eigenvalue weighted by molar-refractivity contribution is 4.94. The zero-order chi connectivity index (χ0) is 12.0. The first-order chi connectivity index (χ1) is 7.65. The standard InChI is InChI=1S/C14H27NO/c1-5-15-13(7-11(3)4)8-12-9-14(10-12)16-6-2/h12-15H,3,5-10H2,1-2,4H3. The monoisotopic (exact) mass is 225 g/mol. The Morgan fingerprint density at radius 2 is 2.12 bits per heavy atom. The van der Waals surface area contributed by atoms with Crippen LogP contribution in [0.3, 0.4) is 0 Å². The molecule has 1 atom stereocenters. The molecule has 2 nitrogen and oxygen atoms in total. The van der Waals surface area contributed by atoms with Crippen molar-refractivity contribution in [1.29, 1.82) is 0 Å². The van der Waals surface area contributed by atoms with Crippen molar-refractivity contribution < 1.29 is 4.74 Å². The van der Waals surface area contributed by atoms with E-state index in [1.54, 1.807) is 0 Å². The van der Waals surface area contributed by atoms with Crippen LogP contribution in [-0.2, 0) is 4.74 Å². The average Bonchev–Trinajstić information content (AvgIpc) is 2.14. The zero-order valence-electron chi connectivity index (χ0n) is 11.1. The molecule has 1 fully saturated rings. The third kappa shape index (κ3) is 4.67. The van der Waals surface area contributed by atoms with E-state index >= 15 is 0 Å². The maximum atomic E-state index is 5.59. The van der Waals surface area contributed by atoms with Crippen LogP contribution in [0.2, 0.25) is 0 Å². The maximum absolute atomic E-state index is 5.59. The first-order valence-electron chi connectivity index (χ1n) is 6.65. The van der Waals surface area contributed by atoms with Crippen LogP contribution in [0, 0.1) is 5.92 Å². The van der Waals surface area contributed by atoms with E-state index in [0.29, 0.717) is 12.1 Å². The normalized spacial score (nSPS) is 26.2.